The van der Waals surface area contributed by atoms with Crippen LogP contribution in [0.15, 0.2) is 30.3 Å². The van der Waals surface area contributed by atoms with Gasteiger partial charge < -0.3 is 4.74 Å². The fourth-order valence-electron chi connectivity index (χ4n) is 3.65. The van der Waals surface area contributed by atoms with Gasteiger partial charge in [0.05, 0.1) is 31.8 Å². The van der Waals surface area contributed by atoms with Crippen molar-refractivity contribution in [2.75, 3.05) is 0 Å². The lowest BCUT2D eigenvalue weighted by molar-refractivity contribution is -0.395. The van der Waals surface area contributed by atoms with E-state index in [1.54, 1.807) is 0 Å². The third-order valence-electron chi connectivity index (χ3n) is 5.10. The molecule has 1 aliphatic rings. The van der Waals surface area contributed by atoms with Crippen molar-refractivity contribution >= 4 is 22.7 Å². The van der Waals surface area contributed by atoms with Crippen LogP contribution in [-0.2, 0) is 0 Å². The van der Waals surface area contributed by atoms with Crippen molar-refractivity contribution in [3.05, 3.63) is 76.4 Å². The van der Waals surface area contributed by atoms with Crippen LogP contribution < -0.4 is 4.74 Å². The van der Waals surface area contributed by atoms with Gasteiger partial charge in [0.15, 0.2) is 0 Å². The highest BCUT2D eigenvalue weighted by atomic mass is 16.6. The summed E-state index contributed by atoms with van der Waals surface area (Å²) in [5.74, 6) is -1.04. The minimum absolute atomic E-state index is 0.216. The molecule has 1 fully saturated rings. The summed E-state index contributed by atoms with van der Waals surface area (Å²) in [5, 5.41) is 45.3. The lowest BCUT2D eigenvalue weighted by atomic mass is 9.83. The Labute approximate surface area is 173 Å². The van der Waals surface area contributed by atoms with Crippen molar-refractivity contribution in [2.45, 2.75) is 38.0 Å². The van der Waals surface area contributed by atoms with E-state index in [2.05, 4.69) is 0 Å². The number of ether oxygens (including phenoxy) is 1. The molecule has 0 aromatic heterocycles. The minimum atomic E-state index is -0.903. The molecule has 0 unspecified atom stereocenters. The number of hydrogen-bond acceptors (Lipinski definition) is 9. The quantitative estimate of drug-likeness (QED) is 0.421. The topological polar surface area (TPSA) is 182 Å². The van der Waals surface area contributed by atoms with E-state index in [9.17, 15) is 40.5 Å². The summed E-state index contributed by atoms with van der Waals surface area (Å²) in [6.07, 6.45) is 3.84. The summed E-state index contributed by atoms with van der Waals surface area (Å²) in [4.78, 5) is 42.0. The smallest absolute Gasteiger partial charge is 0.318 e. The molecule has 2 aromatic carbocycles. The first kappa shape index (κ1) is 21.5. The second-order valence-electron chi connectivity index (χ2n) is 7.00. The number of benzene rings is 2. The Morgan fingerprint density at radius 2 is 1.29 bits per heavy atom. The maximum Gasteiger partial charge on any atom is 0.318 e. The average Bonchev–Trinajstić information content (AvgIpc) is 2.74. The third kappa shape index (κ3) is 4.55. The monoisotopic (exact) mass is 432 g/mol. The number of non-ortho nitro benzene ring substituents is 2. The Morgan fingerprint density at radius 3 is 1.84 bits per heavy atom. The van der Waals surface area contributed by atoms with Gasteiger partial charge in [0.2, 0.25) is 11.5 Å². The van der Waals surface area contributed by atoms with E-state index < -0.39 is 48.2 Å². The number of nitro benzene ring substituents is 4. The third-order valence-corrected chi connectivity index (χ3v) is 5.10. The molecule has 2 aromatic rings. The van der Waals surface area contributed by atoms with Crippen molar-refractivity contribution in [3.63, 3.8) is 0 Å². The molecule has 3 rings (SSSR count). The zero-order chi connectivity index (χ0) is 22.7. The average molecular weight is 432 g/mol. The van der Waals surface area contributed by atoms with Crippen molar-refractivity contribution in [2.24, 2.45) is 0 Å². The number of hydrogen-bond donors (Lipinski definition) is 0. The molecular weight excluding hydrogens is 416 g/mol. The number of nitro groups is 4. The maximum atomic E-state index is 11.7. The Bertz CT molecular complexity index is 1080. The van der Waals surface area contributed by atoms with Crippen molar-refractivity contribution in [1.29, 1.82) is 0 Å². The van der Waals surface area contributed by atoms with Gasteiger partial charge in [-0.15, -0.1) is 0 Å². The van der Waals surface area contributed by atoms with Gasteiger partial charge in [-0.1, -0.05) is 19.3 Å². The van der Waals surface area contributed by atoms with E-state index in [4.69, 9.17) is 4.74 Å². The van der Waals surface area contributed by atoms with Crippen LogP contribution in [0.2, 0.25) is 0 Å². The second-order valence-corrected chi connectivity index (χ2v) is 7.00. The maximum absolute atomic E-state index is 11.7. The van der Waals surface area contributed by atoms with Crippen LogP contribution in [0.4, 0.5) is 22.7 Å². The van der Waals surface area contributed by atoms with E-state index >= 15 is 0 Å². The first-order valence-corrected chi connectivity index (χ1v) is 9.26. The van der Waals surface area contributed by atoms with Crippen molar-refractivity contribution < 1.29 is 24.4 Å². The zero-order valence-electron chi connectivity index (χ0n) is 16.0. The normalized spacial score (nSPS) is 14.1. The molecule has 1 aliphatic carbocycles. The SMILES string of the molecule is O=[N+]([O-])c1ccc(Oc2c(C3CCCCC3)cc([N+](=O)[O-])cc2[N+](=O)[O-])c([N+](=O)[O-])c1. The number of rotatable bonds is 7. The van der Waals surface area contributed by atoms with Crippen LogP contribution in [0.1, 0.15) is 43.6 Å². The van der Waals surface area contributed by atoms with Crippen LogP contribution in [0.5, 0.6) is 11.5 Å². The van der Waals surface area contributed by atoms with Gasteiger partial charge in [0.1, 0.15) is 0 Å². The Morgan fingerprint density at radius 1 is 0.710 bits per heavy atom. The summed E-state index contributed by atoms with van der Waals surface area (Å²) in [7, 11) is 0. The molecule has 0 heterocycles. The highest BCUT2D eigenvalue weighted by Gasteiger charge is 2.32. The van der Waals surface area contributed by atoms with Crippen molar-refractivity contribution in [3.8, 4) is 11.5 Å². The van der Waals surface area contributed by atoms with Crippen LogP contribution >= 0.6 is 0 Å². The predicted octanol–water partition coefficient (Wildman–Crippen LogP) is 5.16. The molecule has 0 N–H and O–H groups in total. The second kappa shape index (κ2) is 8.69. The van der Waals surface area contributed by atoms with Gasteiger partial charge in [0, 0.05) is 17.7 Å². The Balaban J connectivity index is 2.19. The van der Waals surface area contributed by atoms with Gasteiger partial charge in [-0.2, -0.15) is 0 Å². The summed E-state index contributed by atoms with van der Waals surface area (Å²) in [5.41, 5.74) is -2.28. The van der Waals surface area contributed by atoms with E-state index in [0.717, 1.165) is 37.5 Å². The molecule has 1 saturated carbocycles. The molecule has 0 amide bonds. The molecule has 31 heavy (non-hydrogen) atoms. The highest BCUT2D eigenvalue weighted by molar-refractivity contribution is 5.63. The number of nitrogens with zero attached hydrogens (tertiary/aromatic N) is 4. The van der Waals surface area contributed by atoms with Crippen LogP contribution in [0, 0.1) is 40.5 Å². The molecule has 162 valence electrons. The van der Waals surface area contributed by atoms with Gasteiger partial charge in [-0.3, -0.25) is 40.5 Å². The molecule has 0 radical (unpaired) electrons. The molecule has 0 spiro atoms. The lowest BCUT2D eigenvalue weighted by Crippen LogP contribution is -2.09. The van der Waals surface area contributed by atoms with Crippen molar-refractivity contribution in [1.82, 2.24) is 0 Å². The summed E-state index contributed by atoms with van der Waals surface area (Å²) in [6.45, 7) is 0. The van der Waals surface area contributed by atoms with Crippen LogP contribution in [-0.4, -0.2) is 19.7 Å². The zero-order valence-corrected chi connectivity index (χ0v) is 16.0. The van der Waals surface area contributed by atoms with Crippen LogP contribution in [0.3, 0.4) is 0 Å². The predicted molar refractivity (Wildman–Crippen MR) is 105 cm³/mol. The summed E-state index contributed by atoms with van der Waals surface area (Å²) < 4.78 is 5.59. The van der Waals surface area contributed by atoms with E-state index in [1.807, 2.05) is 0 Å². The van der Waals surface area contributed by atoms with E-state index in [0.29, 0.717) is 18.9 Å². The van der Waals surface area contributed by atoms with E-state index in [-0.39, 0.29) is 17.2 Å². The molecule has 0 atom stereocenters. The minimum Gasteiger partial charge on any atom is -0.443 e. The molecule has 13 heteroatoms. The summed E-state index contributed by atoms with van der Waals surface area (Å²) in [6, 6.07) is 4.56. The largest absolute Gasteiger partial charge is 0.443 e. The molecule has 13 nitrogen and oxygen atoms in total. The van der Waals surface area contributed by atoms with Gasteiger partial charge in [0.25, 0.3) is 11.4 Å². The summed E-state index contributed by atoms with van der Waals surface area (Å²) >= 11 is 0. The molecule has 0 bridgehead atoms. The highest BCUT2D eigenvalue weighted by Crippen LogP contribution is 2.47. The van der Waals surface area contributed by atoms with E-state index in [1.165, 1.54) is 6.07 Å². The lowest BCUT2D eigenvalue weighted by Gasteiger charge is -2.23. The fourth-order valence-corrected chi connectivity index (χ4v) is 3.65. The first-order chi connectivity index (χ1) is 14.7. The molecule has 0 saturated heterocycles. The van der Waals surface area contributed by atoms with Gasteiger partial charge >= 0.3 is 11.4 Å². The molecular formula is C18H16N4O9. The van der Waals surface area contributed by atoms with Crippen LogP contribution in [0.25, 0.3) is 0 Å². The first-order valence-electron chi connectivity index (χ1n) is 9.26. The Hall–Kier alpha value is -4.16. The Kier molecular flexibility index (Phi) is 6.04. The fraction of sp³-hybridized carbons (Fsp3) is 0.333. The standard InChI is InChI=1S/C18H16N4O9/c23-19(24)12-6-7-17(15(9-12)21(27)28)31-18-14(11-4-2-1-3-5-11)8-13(20(25)26)10-16(18)22(29)30/h6-11H,1-5H2. The van der Waals surface area contributed by atoms with Gasteiger partial charge in [-0.05, 0) is 24.8 Å². The molecule has 0 aliphatic heterocycles. The van der Waals surface area contributed by atoms with Gasteiger partial charge in [-0.25, -0.2) is 0 Å².